The van der Waals surface area contributed by atoms with Gasteiger partial charge in [-0.1, -0.05) is 25.8 Å². The van der Waals surface area contributed by atoms with Gasteiger partial charge in [0, 0.05) is 23.1 Å². The van der Waals surface area contributed by atoms with E-state index in [2.05, 4.69) is 25.2 Å². The molecule has 1 aromatic rings. The number of carboxylic acid groups (broad SMARTS) is 1. The molecule has 1 fully saturated rings. The van der Waals surface area contributed by atoms with Crippen LogP contribution >= 0.6 is 0 Å². The van der Waals surface area contributed by atoms with Crippen LogP contribution in [-0.2, 0) is 4.79 Å². The van der Waals surface area contributed by atoms with Gasteiger partial charge in [-0.05, 0) is 43.4 Å². The second-order valence-corrected chi connectivity index (χ2v) is 7.13. The molecule has 4 heteroatoms. The van der Waals surface area contributed by atoms with E-state index in [1.54, 1.807) is 0 Å². The van der Waals surface area contributed by atoms with E-state index >= 15 is 0 Å². The Morgan fingerprint density at radius 1 is 1.52 bits per heavy atom. The van der Waals surface area contributed by atoms with Gasteiger partial charge in [0.25, 0.3) is 0 Å². The molecule has 0 amide bonds. The monoisotopic (exact) mass is 312 g/mol. The van der Waals surface area contributed by atoms with Gasteiger partial charge < -0.3 is 10.4 Å². The molecule has 0 bridgehead atoms. The smallest absolute Gasteiger partial charge is 0.303 e. The summed E-state index contributed by atoms with van der Waals surface area (Å²) in [4.78, 5) is 11.5. The number of nitrogens with one attached hydrogen (secondary N) is 1. The van der Waals surface area contributed by atoms with Gasteiger partial charge in [-0.2, -0.15) is 5.26 Å². The Kier molecular flexibility index (Phi) is 4.06. The van der Waals surface area contributed by atoms with Crippen molar-refractivity contribution < 1.29 is 9.90 Å². The van der Waals surface area contributed by atoms with E-state index in [4.69, 9.17) is 0 Å². The van der Waals surface area contributed by atoms with E-state index in [9.17, 15) is 15.2 Å². The number of anilines is 1. The Balaban J connectivity index is 2.07. The van der Waals surface area contributed by atoms with E-state index in [1.807, 2.05) is 12.1 Å². The number of carbonyl (C=O) groups is 1. The van der Waals surface area contributed by atoms with Crippen LogP contribution in [0.25, 0.3) is 0 Å². The highest BCUT2D eigenvalue weighted by atomic mass is 16.4. The minimum absolute atomic E-state index is 0.135. The van der Waals surface area contributed by atoms with Crippen LogP contribution < -0.4 is 5.32 Å². The maximum atomic E-state index is 11.5. The maximum Gasteiger partial charge on any atom is 0.303 e. The fourth-order valence-corrected chi connectivity index (χ4v) is 4.91. The third kappa shape index (κ3) is 2.49. The fourth-order valence-electron chi connectivity index (χ4n) is 4.91. The van der Waals surface area contributed by atoms with Crippen molar-refractivity contribution in [3.8, 4) is 6.07 Å². The number of fused-ring (bicyclic) bond motifs is 3. The van der Waals surface area contributed by atoms with Crippen LogP contribution in [0.4, 0.5) is 5.69 Å². The molecule has 1 aliphatic heterocycles. The molecule has 23 heavy (non-hydrogen) atoms. The summed E-state index contributed by atoms with van der Waals surface area (Å²) in [5, 5.41) is 22.6. The molecule has 3 atom stereocenters. The van der Waals surface area contributed by atoms with Gasteiger partial charge in [-0.15, -0.1) is 0 Å². The van der Waals surface area contributed by atoms with E-state index in [1.165, 1.54) is 0 Å². The van der Waals surface area contributed by atoms with Gasteiger partial charge >= 0.3 is 5.97 Å². The molecule has 1 aromatic carbocycles. The van der Waals surface area contributed by atoms with Crippen LogP contribution in [-0.4, -0.2) is 17.1 Å². The number of carboxylic acids is 1. The molecule has 3 unspecified atom stereocenters. The van der Waals surface area contributed by atoms with E-state index < -0.39 is 5.97 Å². The first-order chi connectivity index (χ1) is 11.0. The Labute approximate surface area is 137 Å². The molecule has 122 valence electrons. The quantitative estimate of drug-likeness (QED) is 0.874. The molecule has 2 N–H and O–H groups in total. The van der Waals surface area contributed by atoms with Gasteiger partial charge in [0.2, 0.25) is 0 Å². The molecule has 4 nitrogen and oxygen atoms in total. The lowest BCUT2D eigenvalue weighted by atomic mass is 9.61. The van der Waals surface area contributed by atoms with Crippen LogP contribution in [0, 0.1) is 23.7 Å². The highest BCUT2D eigenvalue weighted by Gasteiger charge is 2.50. The second kappa shape index (κ2) is 5.88. The van der Waals surface area contributed by atoms with E-state index in [-0.39, 0.29) is 23.8 Å². The Morgan fingerprint density at radius 2 is 2.30 bits per heavy atom. The van der Waals surface area contributed by atoms with Crippen LogP contribution in [0.15, 0.2) is 12.1 Å². The zero-order chi connectivity index (χ0) is 16.6. The van der Waals surface area contributed by atoms with Crippen LogP contribution in [0.5, 0.6) is 0 Å². The largest absolute Gasteiger partial charge is 0.481 e. The number of nitriles is 1. The lowest BCUT2D eigenvalue weighted by molar-refractivity contribution is -0.140. The first kappa shape index (κ1) is 15.9. The number of hydrogen-bond donors (Lipinski definition) is 2. The summed E-state index contributed by atoms with van der Waals surface area (Å²) in [5.41, 5.74) is 3.89. The Morgan fingerprint density at radius 3 is 2.96 bits per heavy atom. The van der Waals surface area contributed by atoms with Crippen molar-refractivity contribution in [2.24, 2.45) is 5.41 Å². The number of rotatable bonds is 4. The van der Waals surface area contributed by atoms with E-state index in [0.717, 1.165) is 54.5 Å². The normalized spacial score (nSPS) is 28.4. The summed E-state index contributed by atoms with van der Waals surface area (Å²) in [6.07, 6.45) is 5.14. The van der Waals surface area contributed by atoms with Crippen molar-refractivity contribution in [3.05, 3.63) is 28.8 Å². The first-order valence-electron chi connectivity index (χ1n) is 8.54. The predicted octanol–water partition coefficient (Wildman–Crippen LogP) is 4.19. The van der Waals surface area contributed by atoms with Gasteiger partial charge in [0.05, 0.1) is 18.1 Å². The molecule has 2 aliphatic rings. The molecule has 1 saturated carbocycles. The van der Waals surface area contributed by atoms with Crippen molar-refractivity contribution in [2.75, 3.05) is 5.32 Å². The third-order valence-corrected chi connectivity index (χ3v) is 5.75. The number of aryl methyl sites for hydroxylation is 1. The predicted molar refractivity (Wildman–Crippen MR) is 89.5 cm³/mol. The SMILES string of the molecule is CCCC1(CC(=O)O)CCCC2c3c(C#N)ccc(C)c3NC21. The lowest BCUT2D eigenvalue weighted by Crippen LogP contribution is -2.46. The highest BCUT2D eigenvalue weighted by Crippen LogP contribution is 2.56. The van der Waals surface area contributed by atoms with Gasteiger partial charge in [0.15, 0.2) is 0 Å². The standard InChI is InChI=1S/C19H24N2O2/c1-3-8-19(10-15(22)23)9-4-5-14-16-13(11-20)7-6-12(2)17(16)21-18(14)19/h6-7,14,18,21H,3-5,8-10H2,1-2H3,(H,22,23). The molecule has 0 spiro atoms. The summed E-state index contributed by atoms with van der Waals surface area (Å²) >= 11 is 0. The molecule has 3 rings (SSSR count). The summed E-state index contributed by atoms with van der Waals surface area (Å²) in [5.74, 6) is -0.451. The van der Waals surface area contributed by atoms with Crippen molar-refractivity contribution >= 4 is 11.7 Å². The topological polar surface area (TPSA) is 73.1 Å². The van der Waals surface area contributed by atoms with E-state index in [0.29, 0.717) is 0 Å². The minimum Gasteiger partial charge on any atom is -0.481 e. The van der Waals surface area contributed by atoms with Crippen LogP contribution in [0.3, 0.4) is 0 Å². The highest BCUT2D eigenvalue weighted by molar-refractivity contribution is 5.72. The molecule has 1 heterocycles. The number of nitrogens with zero attached hydrogens (tertiary/aromatic N) is 1. The van der Waals surface area contributed by atoms with Gasteiger partial charge in [-0.3, -0.25) is 4.79 Å². The number of benzene rings is 1. The van der Waals surface area contributed by atoms with Crippen LogP contribution in [0.1, 0.15) is 68.1 Å². The summed E-state index contributed by atoms with van der Waals surface area (Å²) in [6, 6.07) is 6.36. The molecular weight excluding hydrogens is 288 g/mol. The second-order valence-electron chi connectivity index (χ2n) is 7.13. The zero-order valence-electron chi connectivity index (χ0n) is 13.9. The number of aliphatic carboxylic acids is 1. The van der Waals surface area contributed by atoms with Crippen molar-refractivity contribution in [2.45, 2.75) is 64.3 Å². The molecule has 1 aliphatic carbocycles. The average Bonchev–Trinajstić information content (AvgIpc) is 2.90. The first-order valence-corrected chi connectivity index (χ1v) is 8.54. The van der Waals surface area contributed by atoms with Crippen molar-refractivity contribution in [1.29, 1.82) is 5.26 Å². The average molecular weight is 312 g/mol. The fraction of sp³-hybridized carbons (Fsp3) is 0.579. The number of hydrogen-bond acceptors (Lipinski definition) is 3. The summed E-state index contributed by atoms with van der Waals surface area (Å²) in [7, 11) is 0. The molecular formula is C19H24N2O2. The minimum atomic E-state index is -0.714. The lowest BCUT2D eigenvalue weighted by Gasteiger charge is -2.45. The van der Waals surface area contributed by atoms with Gasteiger partial charge in [0.1, 0.15) is 0 Å². The van der Waals surface area contributed by atoms with Crippen molar-refractivity contribution in [3.63, 3.8) is 0 Å². The Hall–Kier alpha value is -2.02. The summed E-state index contributed by atoms with van der Waals surface area (Å²) in [6.45, 7) is 4.18. The third-order valence-electron chi connectivity index (χ3n) is 5.75. The molecule has 0 radical (unpaired) electrons. The molecule has 0 saturated heterocycles. The summed E-state index contributed by atoms with van der Waals surface area (Å²) < 4.78 is 0. The Bertz CT molecular complexity index is 673. The zero-order valence-corrected chi connectivity index (χ0v) is 13.9. The van der Waals surface area contributed by atoms with Crippen molar-refractivity contribution in [1.82, 2.24) is 0 Å². The maximum absolute atomic E-state index is 11.5. The molecule has 0 aromatic heterocycles. The van der Waals surface area contributed by atoms with Crippen LogP contribution in [0.2, 0.25) is 0 Å². The van der Waals surface area contributed by atoms with Gasteiger partial charge in [-0.25, -0.2) is 0 Å².